The quantitative estimate of drug-likeness (QED) is 0.741. The van der Waals surface area contributed by atoms with Crippen molar-refractivity contribution in [1.82, 2.24) is 0 Å². The molecule has 0 atom stereocenters. The predicted octanol–water partition coefficient (Wildman–Crippen LogP) is 4.38. The molecule has 2 nitrogen and oxygen atoms in total. The molecule has 0 N–H and O–H groups in total. The predicted molar refractivity (Wildman–Crippen MR) is 80.6 cm³/mol. The minimum Gasteiger partial charge on any atom is -0.497 e. The van der Waals surface area contributed by atoms with Crippen molar-refractivity contribution in [3.8, 4) is 5.75 Å². The maximum absolute atomic E-state index is 5.13. The lowest BCUT2D eigenvalue weighted by Crippen LogP contribution is -2.18. The molecule has 19 heavy (non-hydrogen) atoms. The molecule has 0 aliphatic carbocycles. The fourth-order valence-corrected chi connectivity index (χ4v) is 1.85. The van der Waals surface area contributed by atoms with Gasteiger partial charge in [-0.2, -0.15) is 0 Å². The van der Waals surface area contributed by atoms with Gasteiger partial charge >= 0.3 is 0 Å². The summed E-state index contributed by atoms with van der Waals surface area (Å²) in [6.07, 6.45) is 1.99. The highest BCUT2D eigenvalue weighted by molar-refractivity contribution is 5.75. The van der Waals surface area contributed by atoms with E-state index < -0.39 is 0 Å². The Hall–Kier alpha value is -2.09. The van der Waals surface area contributed by atoms with Crippen LogP contribution in [0.4, 0.5) is 5.69 Å². The van der Waals surface area contributed by atoms with Crippen LogP contribution in [0.25, 0.3) is 0 Å². The first-order chi connectivity index (χ1) is 9.12. The van der Waals surface area contributed by atoms with Crippen molar-refractivity contribution in [2.45, 2.75) is 19.3 Å². The maximum atomic E-state index is 5.13. The van der Waals surface area contributed by atoms with Gasteiger partial charge in [-0.15, -0.1) is 0 Å². The van der Waals surface area contributed by atoms with Gasteiger partial charge in [0.15, 0.2) is 0 Å². The summed E-state index contributed by atoms with van der Waals surface area (Å²) in [5, 5.41) is 0. The van der Waals surface area contributed by atoms with E-state index in [9.17, 15) is 0 Å². The standard InChI is InChI=1S/C17H19NO/c1-17(2,14-7-5-4-6-8-14)13-18-15-9-11-16(19-3)12-10-15/h4-13H,1-3H3. The second-order valence-corrected chi connectivity index (χ2v) is 5.04. The summed E-state index contributed by atoms with van der Waals surface area (Å²) >= 11 is 0. The molecule has 2 heteroatoms. The zero-order valence-electron chi connectivity index (χ0n) is 11.6. The van der Waals surface area contributed by atoms with Crippen molar-refractivity contribution in [1.29, 1.82) is 0 Å². The highest BCUT2D eigenvalue weighted by atomic mass is 16.5. The number of aliphatic imine (C=N–C) groups is 1. The van der Waals surface area contributed by atoms with E-state index in [1.165, 1.54) is 5.56 Å². The number of hydrogen-bond donors (Lipinski definition) is 0. The van der Waals surface area contributed by atoms with E-state index in [1.807, 2.05) is 36.5 Å². The monoisotopic (exact) mass is 253 g/mol. The SMILES string of the molecule is COc1ccc(N=CC(C)(C)c2ccccc2)cc1. The number of methoxy groups -OCH3 is 1. The van der Waals surface area contributed by atoms with Crippen LogP contribution in [0.3, 0.4) is 0 Å². The van der Waals surface area contributed by atoms with Crippen LogP contribution in [-0.4, -0.2) is 13.3 Å². The van der Waals surface area contributed by atoms with Crippen molar-refractivity contribution in [2.75, 3.05) is 7.11 Å². The Labute approximate surface area is 114 Å². The molecule has 0 amide bonds. The molecule has 0 aromatic heterocycles. The average Bonchev–Trinajstić information content (AvgIpc) is 2.47. The summed E-state index contributed by atoms with van der Waals surface area (Å²) in [6.45, 7) is 4.32. The molecule has 0 spiro atoms. The van der Waals surface area contributed by atoms with E-state index >= 15 is 0 Å². The van der Waals surface area contributed by atoms with E-state index in [4.69, 9.17) is 4.74 Å². The number of nitrogens with zero attached hydrogens (tertiary/aromatic N) is 1. The Morgan fingerprint density at radius 3 is 2.16 bits per heavy atom. The number of rotatable bonds is 4. The molecule has 0 aliphatic rings. The van der Waals surface area contributed by atoms with Gasteiger partial charge in [0.25, 0.3) is 0 Å². The van der Waals surface area contributed by atoms with E-state index in [2.05, 4.69) is 43.1 Å². The molecule has 0 heterocycles. The van der Waals surface area contributed by atoms with Crippen molar-refractivity contribution < 1.29 is 4.74 Å². The van der Waals surface area contributed by atoms with Crippen LogP contribution in [0, 0.1) is 0 Å². The van der Waals surface area contributed by atoms with Gasteiger partial charge < -0.3 is 4.74 Å². The van der Waals surface area contributed by atoms with Gasteiger partial charge in [-0.3, -0.25) is 4.99 Å². The number of benzene rings is 2. The molecule has 2 aromatic rings. The third-order valence-electron chi connectivity index (χ3n) is 3.13. The van der Waals surface area contributed by atoms with Crippen LogP contribution in [-0.2, 0) is 5.41 Å². The van der Waals surface area contributed by atoms with Crippen molar-refractivity contribution in [3.63, 3.8) is 0 Å². The fourth-order valence-electron chi connectivity index (χ4n) is 1.85. The second-order valence-electron chi connectivity index (χ2n) is 5.04. The zero-order valence-corrected chi connectivity index (χ0v) is 11.6. The summed E-state index contributed by atoms with van der Waals surface area (Å²) in [7, 11) is 1.66. The van der Waals surface area contributed by atoms with Crippen LogP contribution >= 0.6 is 0 Å². The lowest BCUT2D eigenvalue weighted by molar-refractivity contribution is 0.415. The zero-order chi connectivity index (χ0) is 13.7. The molecule has 0 saturated carbocycles. The van der Waals surface area contributed by atoms with E-state index in [1.54, 1.807) is 7.11 Å². The first kappa shape index (κ1) is 13.3. The smallest absolute Gasteiger partial charge is 0.119 e. The number of ether oxygens (including phenoxy) is 1. The third-order valence-corrected chi connectivity index (χ3v) is 3.13. The third kappa shape index (κ3) is 3.44. The highest BCUT2D eigenvalue weighted by Crippen LogP contribution is 2.23. The van der Waals surface area contributed by atoms with Crippen LogP contribution < -0.4 is 4.74 Å². The molecule has 2 aromatic carbocycles. The minimum atomic E-state index is -0.0822. The summed E-state index contributed by atoms with van der Waals surface area (Å²) in [5.41, 5.74) is 2.11. The molecule has 0 bridgehead atoms. The van der Waals surface area contributed by atoms with E-state index in [0.29, 0.717) is 0 Å². The first-order valence-electron chi connectivity index (χ1n) is 6.36. The van der Waals surface area contributed by atoms with Crippen LogP contribution in [0.2, 0.25) is 0 Å². The summed E-state index contributed by atoms with van der Waals surface area (Å²) in [5.74, 6) is 0.848. The lowest BCUT2D eigenvalue weighted by atomic mass is 9.86. The molecule has 0 radical (unpaired) electrons. The van der Waals surface area contributed by atoms with Gasteiger partial charge in [0.1, 0.15) is 5.75 Å². The van der Waals surface area contributed by atoms with Crippen LogP contribution in [0.1, 0.15) is 19.4 Å². The van der Waals surface area contributed by atoms with Crippen molar-refractivity contribution in [3.05, 3.63) is 60.2 Å². The Balaban J connectivity index is 2.16. The fraction of sp³-hybridized carbons (Fsp3) is 0.235. The molecule has 2 rings (SSSR count). The van der Waals surface area contributed by atoms with Gasteiger partial charge in [-0.05, 0) is 29.8 Å². The maximum Gasteiger partial charge on any atom is 0.119 e. The Morgan fingerprint density at radius 1 is 0.947 bits per heavy atom. The Kier molecular flexibility index (Phi) is 4.00. The Morgan fingerprint density at radius 2 is 1.58 bits per heavy atom. The topological polar surface area (TPSA) is 21.6 Å². The summed E-state index contributed by atoms with van der Waals surface area (Å²) in [6, 6.07) is 18.1. The molecular weight excluding hydrogens is 234 g/mol. The molecule has 0 fully saturated rings. The van der Waals surface area contributed by atoms with Gasteiger partial charge in [-0.25, -0.2) is 0 Å². The molecule has 98 valence electrons. The highest BCUT2D eigenvalue weighted by Gasteiger charge is 2.17. The van der Waals surface area contributed by atoms with Gasteiger partial charge in [0.2, 0.25) is 0 Å². The second kappa shape index (κ2) is 5.70. The summed E-state index contributed by atoms with van der Waals surface area (Å²) in [4.78, 5) is 4.55. The van der Waals surface area contributed by atoms with E-state index in [0.717, 1.165) is 11.4 Å². The van der Waals surface area contributed by atoms with Crippen molar-refractivity contribution >= 4 is 11.9 Å². The molecule has 0 saturated heterocycles. The van der Waals surface area contributed by atoms with Crippen molar-refractivity contribution in [2.24, 2.45) is 4.99 Å². The van der Waals surface area contributed by atoms with Gasteiger partial charge in [0.05, 0.1) is 12.8 Å². The Bertz CT molecular complexity index is 541. The summed E-state index contributed by atoms with van der Waals surface area (Å²) < 4.78 is 5.13. The first-order valence-corrected chi connectivity index (χ1v) is 6.36. The van der Waals surface area contributed by atoms with E-state index in [-0.39, 0.29) is 5.41 Å². The molecule has 0 unspecified atom stereocenters. The van der Waals surface area contributed by atoms with Crippen LogP contribution in [0.5, 0.6) is 5.75 Å². The van der Waals surface area contributed by atoms with Gasteiger partial charge in [0, 0.05) is 11.6 Å². The molecular formula is C17H19NO. The number of hydrogen-bond acceptors (Lipinski definition) is 2. The average molecular weight is 253 g/mol. The minimum absolute atomic E-state index is 0.0822. The molecule has 0 aliphatic heterocycles. The van der Waals surface area contributed by atoms with Crippen LogP contribution in [0.15, 0.2) is 59.6 Å². The normalized spacial score (nSPS) is 11.7. The lowest BCUT2D eigenvalue weighted by Gasteiger charge is -2.19. The van der Waals surface area contributed by atoms with Gasteiger partial charge in [-0.1, -0.05) is 44.2 Å². The largest absolute Gasteiger partial charge is 0.497 e.